The van der Waals surface area contributed by atoms with Crippen molar-refractivity contribution in [3.63, 3.8) is 0 Å². The van der Waals surface area contributed by atoms with Gasteiger partial charge in [0, 0.05) is 12.5 Å². The smallest absolute Gasteiger partial charge is 0.365 e. The predicted octanol–water partition coefficient (Wildman–Crippen LogP) is 3.86. The van der Waals surface area contributed by atoms with Gasteiger partial charge < -0.3 is 4.74 Å². The van der Waals surface area contributed by atoms with Crippen molar-refractivity contribution in [1.29, 1.82) is 0 Å². The van der Waals surface area contributed by atoms with Crippen LogP contribution < -0.4 is 4.74 Å². The molecule has 0 radical (unpaired) electrons. The van der Waals surface area contributed by atoms with E-state index in [4.69, 9.17) is 9.62 Å². The third-order valence-corrected chi connectivity index (χ3v) is 3.16. The van der Waals surface area contributed by atoms with Gasteiger partial charge in [0.1, 0.15) is 18.5 Å². The minimum absolute atomic E-state index is 0.241. The Balaban J connectivity index is 1.79. The molecule has 2 rings (SSSR count). The maximum absolute atomic E-state index is 10.9. The van der Waals surface area contributed by atoms with Gasteiger partial charge in [-0.2, -0.15) is 4.89 Å². The lowest BCUT2D eigenvalue weighted by atomic mass is 10.1. The van der Waals surface area contributed by atoms with Gasteiger partial charge in [-0.3, -0.25) is 4.89 Å². The minimum Gasteiger partial charge on any atom is -0.489 e. The van der Waals surface area contributed by atoms with Gasteiger partial charge in [-0.05, 0) is 30.2 Å². The van der Waals surface area contributed by atoms with Crippen LogP contribution in [0.4, 0.5) is 0 Å². The Bertz CT molecular complexity index is 620. The Labute approximate surface area is 136 Å². The lowest BCUT2D eigenvalue weighted by Gasteiger charge is -2.11. The molecule has 0 aliphatic heterocycles. The lowest BCUT2D eigenvalue weighted by molar-refractivity contribution is -0.289. The minimum atomic E-state index is -0.596. The van der Waals surface area contributed by atoms with Crippen molar-refractivity contribution in [2.24, 2.45) is 0 Å². The second-order valence-electron chi connectivity index (χ2n) is 5.14. The van der Waals surface area contributed by atoms with Crippen LogP contribution in [0, 0.1) is 0 Å². The summed E-state index contributed by atoms with van der Waals surface area (Å²) < 4.78 is 5.73. The van der Waals surface area contributed by atoms with E-state index in [0.29, 0.717) is 13.0 Å². The largest absolute Gasteiger partial charge is 0.489 e. The summed E-state index contributed by atoms with van der Waals surface area (Å²) in [7, 11) is 0. The van der Waals surface area contributed by atoms with Crippen LogP contribution in [0.25, 0.3) is 0 Å². The van der Waals surface area contributed by atoms with Crippen LogP contribution in [0.2, 0.25) is 0 Å². The predicted molar refractivity (Wildman–Crippen MR) is 87.8 cm³/mol. The number of rotatable bonds is 8. The average Bonchev–Trinajstić information content (AvgIpc) is 2.60. The Kier molecular flexibility index (Phi) is 6.39. The molecule has 0 saturated carbocycles. The van der Waals surface area contributed by atoms with E-state index in [9.17, 15) is 4.79 Å². The molecule has 2 aromatic carbocycles. The number of benzene rings is 2. The van der Waals surface area contributed by atoms with E-state index in [-0.39, 0.29) is 6.10 Å². The van der Waals surface area contributed by atoms with Crippen LogP contribution in [0.15, 0.2) is 67.3 Å². The highest BCUT2D eigenvalue weighted by molar-refractivity contribution is 5.80. The Morgan fingerprint density at radius 3 is 2.43 bits per heavy atom. The zero-order chi connectivity index (χ0) is 16.5. The highest BCUT2D eigenvalue weighted by atomic mass is 17.2. The van der Waals surface area contributed by atoms with Gasteiger partial charge in [-0.1, -0.05) is 49.0 Å². The fourth-order valence-electron chi connectivity index (χ4n) is 1.99. The molecule has 1 atom stereocenters. The summed E-state index contributed by atoms with van der Waals surface area (Å²) in [5, 5.41) is 0. The van der Waals surface area contributed by atoms with E-state index >= 15 is 0 Å². The molecular weight excluding hydrogens is 292 g/mol. The number of ether oxygens (including phenoxy) is 1. The van der Waals surface area contributed by atoms with Gasteiger partial charge in [-0.15, -0.1) is 0 Å². The lowest BCUT2D eigenvalue weighted by Crippen LogP contribution is -2.14. The molecule has 120 valence electrons. The van der Waals surface area contributed by atoms with E-state index < -0.39 is 5.97 Å². The maximum Gasteiger partial charge on any atom is 0.365 e. The summed E-state index contributed by atoms with van der Waals surface area (Å²) >= 11 is 0. The van der Waals surface area contributed by atoms with E-state index in [1.165, 1.54) is 0 Å². The highest BCUT2D eigenvalue weighted by Gasteiger charge is 2.08. The second kappa shape index (κ2) is 8.76. The molecule has 0 fully saturated rings. The molecular formula is C19H20O4. The first-order valence-corrected chi connectivity index (χ1v) is 7.43. The first kappa shape index (κ1) is 16.8. The molecule has 0 spiro atoms. The summed E-state index contributed by atoms with van der Waals surface area (Å²) in [4.78, 5) is 20.5. The molecule has 0 aliphatic rings. The molecule has 0 aliphatic carbocycles. The Hall–Kier alpha value is -2.59. The van der Waals surface area contributed by atoms with Crippen LogP contribution >= 0.6 is 0 Å². The highest BCUT2D eigenvalue weighted by Crippen LogP contribution is 2.16. The standard InChI is InChI=1S/C19H20O4/c1-3-19(20)23-22-15(2)13-16-9-11-18(12-10-16)21-14-17-7-5-4-6-8-17/h3-12,15H,1,13-14H2,2H3. The molecule has 0 saturated heterocycles. The van der Waals surface area contributed by atoms with Gasteiger partial charge >= 0.3 is 5.97 Å². The summed E-state index contributed by atoms with van der Waals surface area (Å²) in [5.41, 5.74) is 2.20. The van der Waals surface area contributed by atoms with Gasteiger partial charge in [0.25, 0.3) is 0 Å². The van der Waals surface area contributed by atoms with Gasteiger partial charge in [0.05, 0.1) is 0 Å². The molecule has 0 N–H and O–H groups in total. The fraction of sp³-hybridized carbons (Fsp3) is 0.211. The molecule has 0 amide bonds. The first-order valence-electron chi connectivity index (χ1n) is 7.43. The van der Waals surface area contributed by atoms with Gasteiger partial charge in [0.15, 0.2) is 0 Å². The van der Waals surface area contributed by atoms with Crippen LogP contribution in [0.5, 0.6) is 5.75 Å². The fourth-order valence-corrected chi connectivity index (χ4v) is 1.99. The summed E-state index contributed by atoms with van der Waals surface area (Å²) in [5.74, 6) is 0.214. The van der Waals surface area contributed by atoms with Gasteiger partial charge in [-0.25, -0.2) is 4.79 Å². The molecule has 0 bridgehead atoms. The topological polar surface area (TPSA) is 44.8 Å². The second-order valence-corrected chi connectivity index (χ2v) is 5.14. The van der Waals surface area contributed by atoms with Crippen LogP contribution in [0.1, 0.15) is 18.1 Å². The van der Waals surface area contributed by atoms with Crippen molar-refractivity contribution in [1.82, 2.24) is 0 Å². The first-order chi connectivity index (χ1) is 11.2. The third kappa shape index (κ3) is 5.96. The van der Waals surface area contributed by atoms with Crippen molar-refractivity contribution in [2.45, 2.75) is 26.1 Å². The number of carbonyl (C=O) groups is 1. The summed E-state index contributed by atoms with van der Waals surface area (Å²) in [6.45, 7) is 5.67. The number of hydrogen-bond donors (Lipinski definition) is 0. The zero-order valence-corrected chi connectivity index (χ0v) is 13.1. The van der Waals surface area contributed by atoms with Crippen LogP contribution in [0.3, 0.4) is 0 Å². The van der Waals surface area contributed by atoms with E-state index in [1.807, 2.05) is 61.5 Å². The number of hydrogen-bond acceptors (Lipinski definition) is 4. The van der Waals surface area contributed by atoms with E-state index in [2.05, 4.69) is 11.5 Å². The van der Waals surface area contributed by atoms with Gasteiger partial charge in [0.2, 0.25) is 0 Å². The average molecular weight is 312 g/mol. The molecule has 0 heterocycles. The SMILES string of the molecule is C=CC(=O)OOC(C)Cc1ccc(OCc2ccccc2)cc1. The molecule has 0 aromatic heterocycles. The maximum atomic E-state index is 10.9. The van der Waals surface area contributed by atoms with Crippen LogP contribution in [-0.4, -0.2) is 12.1 Å². The monoisotopic (exact) mass is 312 g/mol. The quantitative estimate of drug-likeness (QED) is 0.422. The Morgan fingerprint density at radius 1 is 1.09 bits per heavy atom. The van der Waals surface area contributed by atoms with Crippen molar-refractivity contribution in [2.75, 3.05) is 0 Å². The van der Waals surface area contributed by atoms with E-state index in [1.54, 1.807) is 0 Å². The Morgan fingerprint density at radius 2 is 1.78 bits per heavy atom. The van der Waals surface area contributed by atoms with Crippen molar-refractivity contribution in [3.8, 4) is 5.75 Å². The molecule has 4 nitrogen and oxygen atoms in total. The van der Waals surface area contributed by atoms with Crippen LogP contribution in [-0.2, 0) is 27.6 Å². The zero-order valence-electron chi connectivity index (χ0n) is 13.1. The van der Waals surface area contributed by atoms with Crippen molar-refractivity contribution < 1.29 is 19.3 Å². The van der Waals surface area contributed by atoms with Crippen molar-refractivity contribution in [3.05, 3.63) is 78.4 Å². The normalized spacial score (nSPS) is 11.5. The molecule has 1 unspecified atom stereocenters. The van der Waals surface area contributed by atoms with Crippen molar-refractivity contribution >= 4 is 5.97 Å². The number of carbonyl (C=O) groups excluding carboxylic acids is 1. The molecule has 4 heteroatoms. The molecule has 23 heavy (non-hydrogen) atoms. The summed E-state index contributed by atoms with van der Waals surface area (Å²) in [6, 6.07) is 17.8. The molecule has 2 aromatic rings. The third-order valence-electron chi connectivity index (χ3n) is 3.16. The van der Waals surface area contributed by atoms with E-state index in [0.717, 1.165) is 23.0 Å². The summed E-state index contributed by atoms with van der Waals surface area (Å²) in [6.07, 6.45) is 1.45.